The summed E-state index contributed by atoms with van der Waals surface area (Å²) in [6, 6.07) is 5.22. The normalized spacial score (nSPS) is 19.5. The van der Waals surface area contributed by atoms with Gasteiger partial charge < -0.3 is 5.73 Å². The lowest BCUT2D eigenvalue weighted by molar-refractivity contribution is 0.142. The highest BCUT2D eigenvalue weighted by atomic mass is 35.5. The summed E-state index contributed by atoms with van der Waals surface area (Å²) in [5.41, 5.74) is 4.85. The van der Waals surface area contributed by atoms with E-state index in [2.05, 4.69) is 0 Å². The van der Waals surface area contributed by atoms with Crippen LogP contribution in [0.5, 0.6) is 0 Å². The van der Waals surface area contributed by atoms with Gasteiger partial charge in [0.05, 0.1) is 0 Å². The Labute approximate surface area is 105 Å². The molecule has 1 aliphatic carbocycles. The van der Waals surface area contributed by atoms with Crippen molar-refractivity contribution in [3.63, 3.8) is 0 Å². The van der Waals surface area contributed by atoms with E-state index in [1.54, 1.807) is 18.2 Å². The van der Waals surface area contributed by atoms with Crippen LogP contribution in [0.2, 0.25) is 10.0 Å². The van der Waals surface area contributed by atoms with Gasteiger partial charge in [-0.3, -0.25) is 0 Å². The lowest BCUT2D eigenvalue weighted by Gasteiger charge is -2.24. The Morgan fingerprint density at radius 1 is 1.31 bits per heavy atom. The summed E-state index contributed by atoms with van der Waals surface area (Å²) in [5.74, 6) is 0.0739. The lowest BCUT2D eigenvalue weighted by atomic mass is 9.91. The van der Waals surface area contributed by atoms with Gasteiger partial charge in [0, 0.05) is 23.0 Å². The average molecular weight is 262 g/mol. The van der Waals surface area contributed by atoms with Gasteiger partial charge in [-0.25, -0.2) is 4.39 Å². The van der Waals surface area contributed by atoms with Crippen molar-refractivity contribution in [2.75, 3.05) is 6.54 Å². The van der Waals surface area contributed by atoms with Crippen molar-refractivity contribution in [1.82, 2.24) is 0 Å². The minimum absolute atomic E-state index is 0.0270. The van der Waals surface area contributed by atoms with Crippen molar-refractivity contribution in [2.45, 2.75) is 24.9 Å². The Morgan fingerprint density at radius 3 is 2.31 bits per heavy atom. The first-order chi connectivity index (χ1) is 7.57. The second-order valence-electron chi connectivity index (χ2n) is 4.39. The van der Waals surface area contributed by atoms with Gasteiger partial charge in [0.2, 0.25) is 0 Å². The molecule has 1 aromatic carbocycles. The smallest absolute Gasteiger partial charge is 0.130 e. The van der Waals surface area contributed by atoms with Gasteiger partial charge in [-0.2, -0.15) is 0 Å². The van der Waals surface area contributed by atoms with E-state index in [1.807, 2.05) is 0 Å². The summed E-state index contributed by atoms with van der Waals surface area (Å²) in [7, 11) is 0. The Bertz CT molecular complexity index is 372. The summed E-state index contributed by atoms with van der Waals surface area (Å²) in [6.45, 7) is 0.0270. The quantitative estimate of drug-likeness (QED) is 0.881. The number of alkyl halides is 1. The lowest BCUT2D eigenvalue weighted by Crippen LogP contribution is -2.37. The van der Waals surface area contributed by atoms with E-state index in [0.29, 0.717) is 15.6 Å². The molecule has 0 saturated heterocycles. The maximum absolute atomic E-state index is 14.5. The molecule has 0 amide bonds. The van der Waals surface area contributed by atoms with Crippen molar-refractivity contribution in [3.8, 4) is 0 Å². The van der Waals surface area contributed by atoms with Crippen molar-refractivity contribution in [1.29, 1.82) is 0 Å². The van der Waals surface area contributed by atoms with E-state index in [4.69, 9.17) is 28.9 Å². The van der Waals surface area contributed by atoms with Gasteiger partial charge in [0.15, 0.2) is 0 Å². The second kappa shape index (κ2) is 4.52. The van der Waals surface area contributed by atoms with Crippen LogP contribution in [0.15, 0.2) is 18.2 Å². The van der Waals surface area contributed by atoms with Crippen LogP contribution in [0.25, 0.3) is 0 Å². The molecule has 88 valence electrons. The van der Waals surface area contributed by atoms with Crippen molar-refractivity contribution in [3.05, 3.63) is 33.8 Å². The van der Waals surface area contributed by atoms with E-state index >= 15 is 0 Å². The summed E-state index contributed by atoms with van der Waals surface area (Å²) in [5, 5.41) is 1.03. The molecule has 4 heteroatoms. The zero-order valence-corrected chi connectivity index (χ0v) is 10.4. The van der Waals surface area contributed by atoms with Crippen LogP contribution in [0.1, 0.15) is 18.4 Å². The summed E-state index contributed by atoms with van der Waals surface area (Å²) in [4.78, 5) is 0. The summed E-state index contributed by atoms with van der Waals surface area (Å²) >= 11 is 12.1. The van der Waals surface area contributed by atoms with E-state index in [9.17, 15) is 4.39 Å². The van der Waals surface area contributed by atoms with Gasteiger partial charge >= 0.3 is 0 Å². The van der Waals surface area contributed by atoms with E-state index in [1.165, 1.54) is 0 Å². The summed E-state index contributed by atoms with van der Waals surface area (Å²) < 4.78 is 14.5. The Morgan fingerprint density at radius 2 is 1.88 bits per heavy atom. The Balaban J connectivity index is 2.25. The standard InChI is InChI=1S/C12H14Cl2FN/c13-10-2-1-3-11(14)9(10)6-12(15,7-16)8-4-5-8/h1-3,8H,4-7,16H2. The van der Waals surface area contributed by atoms with Gasteiger partial charge in [-0.05, 0) is 36.5 Å². The maximum Gasteiger partial charge on any atom is 0.130 e. The van der Waals surface area contributed by atoms with Crippen molar-refractivity contribution in [2.24, 2.45) is 11.7 Å². The molecule has 0 radical (unpaired) electrons. The number of benzene rings is 1. The molecule has 0 aromatic heterocycles. The fourth-order valence-corrected chi connectivity index (χ4v) is 2.51. The monoisotopic (exact) mass is 261 g/mol. The van der Waals surface area contributed by atoms with Crippen LogP contribution in [-0.2, 0) is 6.42 Å². The van der Waals surface area contributed by atoms with Gasteiger partial charge in [0.25, 0.3) is 0 Å². The average Bonchev–Trinajstić information content (AvgIpc) is 3.07. The molecular weight excluding hydrogens is 248 g/mol. The molecule has 16 heavy (non-hydrogen) atoms. The maximum atomic E-state index is 14.5. The van der Waals surface area contributed by atoms with E-state index in [-0.39, 0.29) is 18.9 Å². The third-order valence-corrected chi connectivity index (χ3v) is 3.89. The van der Waals surface area contributed by atoms with Gasteiger partial charge in [-0.1, -0.05) is 29.3 Å². The number of hydrogen-bond donors (Lipinski definition) is 1. The zero-order chi connectivity index (χ0) is 11.8. The number of halogens is 3. The fourth-order valence-electron chi connectivity index (χ4n) is 1.98. The molecule has 1 aliphatic rings. The molecule has 1 atom stereocenters. The van der Waals surface area contributed by atoms with E-state index < -0.39 is 5.67 Å². The number of hydrogen-bond acceptors (Lipinski definition) is 1. The molecule has 0 spiro atoms. The third-order valence-electron chi connectivity index (χ3n) is 3.18. The first-order valence-corrected chi connectivity index (χ1v) is 6.14. The minimum atomic E-state index is -1.35. The van der Waals surface area contributed by atoms with Crippen LogP contribution in [0.3, 0.4) is 0 Å². The third kappa shape index (κ3) is 2.34. The van der Waals surface area contributed by atoms with Crippen molar-refractivity contribution >= 4 is 23.2 Å². The Kier molecular flexibility index (Phi) is 3.43. The zero-order valence-electron chi connectivity index (χ0n) is 8.85. The fraction of sp³-hybridized carbons (Fsp3) is 0.500. The SMILES string of the molecule is NCC(F)(Cc1c(Cl)cccc1Cl)C1CC1. The predicted octanol–water partition coefficient (Wildman–Crippen LogP) is 3.61. The molecule has 1 saturated carbocycles. The predicted molar refractivity (Wildman–Crippen MR) is 65.8 cm³/mol. The van der Waals surface area contributed by atoms with Gasteiger partial charge in [-0.15, -0.1) is 0 Å². The van der Waals surface area contributed by atoms with Crippen molar-refractivity contribution < 1.29 is 4.39 Å². The highest BCUT2D eigenvalue weighted by Gasteiger charge is 2.45. The molecule has 2 rings (SSSR count). The number of rotatable bonds is 4. The summed E-state index contributed by atoms with van der Waals surface area (Å²) in [6.07, 6.45) is 2.04. The van der Waals surface area contributed by atoms with Crippen LogP contribution < -0.4 is 5.73 Å². The van der Waals surface area contributed by atoms with Crippen LogP contribution in [0, 0.1) is 5.92 Å². The molecule has 1 nitrogen and oxygen atoms in total. The molecule has 2 N–H and O–H groups in total. The topological polar surface area (TPSA) is 26.0 Å². The minimum Gasteiger partial charge on any atom is -0.328 e. The molecule has 1 fully saturated rings. The largest absolute Gasteiger partial charge is 0.328 e. The molecule has 1 unspecified atom stereocenters. The van der Waals surface area contributed by atoms with Crippen LogP contribution >= 0.6 is 23.2 Å². The first-order valence-electron chi connectivity index (χ1n) is 5.39. The van der Waals surface area contributed by atoms with Crippen LogP contribution in [-0.4, -0.2) is 12.2 Å². The highest BCUT2D eigenvalue weighted by Crippen LogP contribution is 2.45. The first kappa shape index (κ1) is 12.2. The molecule has 1 aromatic rings. The second-order valence-corrected chi connectivity index (χ2v) is 5.20. The molecular formula is C12H14Cl2FN. The highest BCUT2D eigenvalue weighted by molar-refractivity contribution is 6.36. The van der Waals surface area contributed by atoms with Gasteiger partial charge in [0.1, 0.15) is 5.67 Å². The molecule has 0 heterocycles. The van der Waals surface area contributed by atoms with E-state index in [0.717, 1.165) is 12.8 Å². The Hall–Kier alpha value is -0.310. The molecule has 0 bridgehead atoms. The van der Waals surface area contributed by atoms with Crippen LogP contribution in [0.4, 0.5) is 4.39 Å². The number of nitrogens with two attached hydrogens (primary N) is 1. The molecule has 0 aliphatic heterocycles.